The zero-order chi connectivity index (χ0) is 26.8. The number of amides is 1. The highest BCUT2D eigenvalue weighted by Gasteiger charge is 2.39. The number of aliphatic hydroxyl groups excluding tert-OH is 2. The van der Waals surface area contributed by atoms with Gasteiger partial charge in [-0.3, -0.25) is 14.2 Å². The van der Waals surface area contributed by atoms with Gasteiger partial charge in [-0.2, -0.15) is 0 Å². The predicted molar refractivity (Wildman–Crippen MR) is 126 cm³/mol. The molecule has 0 spiro atoms. The molecule has 0 bridgehead atoms. The second kappa shape index (κ2) is 8.80. The maximum atomic E-state index is 15.2. The van der Waals surface area contributed by atoms with Gasteiger partial charge in [-0.1, -0.05) is 0 Å². The molecule has 1 saturated carbocycles. The summed E-state index contributed by atoms with van der Waals surface area (Å²) in [6.07, 6.45) is 0.293. The molecule has 8 nitrogen and oxygen atoms in total. The van der Waals surface area contributed by atoms with Crippen molar-refractivity contribution in [3.8, 4) is 5.69 Å². The monoisotopic (exact) mass is 520 g/mol. The van der Waals surface area contributed by atoms with Crippen LogP contribution in [0.5, 0.6) is 0 Å². The molecule has 37 heavy (non-hydrogen) atoms. The number of fused-ring (bicyclic) bond motifs is 1. The number of nitrogens with one attached hydrogen (secondary N) is 1. The maximum Gasteiger partial charge on any atom is 0.257 e. The number of aromatic nitrogens is 2. The number of aliphatic hydroxyl groups is 2. The van der Waals surface area contributed by atoms with Crippen molar-refractivity contribution in [1.29, 1.82) is 0 Å². The van der Waals surface area contributed by atoms with E-state index in [-0.39, 0.29) is 24.8 Å². The van der Waals surface area contributed by atoms with Gasteiger partial charge in [-0.25, -0.2) is 22.5 Å². The van der Waals surface area contributed by atoms with Crippen molar-refractivity contribution in [2.75, 3.05) is 18.0 Å². The van der Waals surface area contributed by atoms with E-state index in [2.05, 4.69) is 10.3 Å². The van der Waals surface area contributed by atoms with Crippen LogP contribution in [-0.4, -0.2) is 56.5 Å². The molecular formula is C25H24F4N4O4. The topological polar surface area (TPSA) is 108 Å². The van der Waals surface area contributed by atoms with Gasteiger partial charge in [0.15, 0.2) is 28.9 Å². The predicted octanol–water partition coefficient (Wildman–Crippen LogP) is 2.40. The number of carbonyl (C=O) groups is 1. The lowest BCUT2D eigenvalue weighted by molar-refractivity contribution is 0.0572. The van der Waals surface area contributed by atoms with Crippen molar-refractivity contribution < 1.29 is 32.6 Å². The Morgan fingerprint density at radius 1 is 1.03 bits per heavy atom. The zero-order valence-electron chi connectivity index (χ0n) is 19.9. The smallest absolute Gasteiger partial charge is 0.257 e. The molecule has 1 amide bonds. The van der Waals surface area contributed by atoms with Crippen LogP contribution in [0.15, 0.2) is 29.2 Å². The molecule has 1 saturated heterocycles. The summed E-state index contributed by atoms with van der Waals surface area (Å²) in [4.78, 5) is 31.8. The van der Waals surface area contributed by atoms with Crippen molar-refractivity contribution in [3.05, 3.63) is 63.5 Å². The largest absolute Gasteiger partial charge is 0.389 e. The van der Waals surface area contributed by atoms with E-state index in [1.54, 1.807) is 13.8 Å². The molecule has 2 atom stereocenters. The summed E-state index contributed by atoms with van der Waals surface area (Å²) >= 11 is 0. The molecule has 0 radical (unpaired) electrons. The Hall–Kier alpha value is -3.51. The van der Waals surface area contributed by atoms with Gasteiger partial charge in [-0.15, -0.1) is 0 Å². The van der Waals surface area contributed by atoms with E-state index < -0.39 is 74.6 Å². The number of carbonyl (C=O) groups excluding carboxylic acids is 1. The number of rotatable bonds is 5. The second-order valence-corrected chi connectivity index (χ2v) is 10.1. The standard InChI is InChI=1S/C25H24F4N4O4/c1-25(2,11-3-4-11)31-24(37)14-8-33(20-15(27)5-12(26)6-16(20)28)22-13(21(14)36)7-17(29)23(30-22)32-9-18(34)19(35)10-32/h5-8,11,18-19,34-35H,3-4,9-10H2,1-2H3,(H,31,37)/t18-,19-/m1/s1. The first kappa shape index (κ1) is 25.2. The van der Waals surface area contributed by atoms with Crippen LogP contribution in [0.25, 0.3) is 16.7 Å². The van der Waals surface area contributed by atoms with Crippen molar-refractivity contribution in [2.24, 2.45) is 5.92 Å². The normalized spacial score (nSPS) is 20.1. The summed E-state index contributed by atoms with van der Waals surface area (Å²) in [5.41, 5.74) is -3.32. The Balaban J connectivity index is 1.74. The highest BCUT2D eigenvalue weighted by molar-refractivity contribution is 5.97. The Morgan fingerprint density at radius 3 is 2.19 bits per heavy atom. The van der Waals surface area contributed by atoms with Crippen molar-refractivity contribution in [1.82, 2.24) is 14.9 Å². The number of β-amino-alcohol motifs (C(OH)–C–C–N with tert-alkyl or cyclic N) is 2. The summed E-state index contributed by atoms with van der Waals surface area (Å²) in [6, 6.07) is 1.64. The molecule has 3 heterocycles. The fraction of sp³-hybridized carbons (Fsp3) is 0.400. The summed E-state index contributed by atoms with van der Waals surface area (Å²) in [7, 11) is 0. The van der Waals surface area contributed by atoms with Gasteiger partial charge >= 0.3 is 0 Å². The minimum absolute atomic E-state index is 0.184. The van der Waals surface area contributed by atoms with E-state index in [0.717, 1.165) is 29.7 Å². The number of hydrogen-bond donors (Lipinski definition) is 3. The van der Waals surface area contributed by atoms with Gasteiger partial charge < -0.3 is 20.4 Å². The highest BCUT2D eigenvalue weighted by Crippen LogP contribution is 2.39. The Morgan fingerprint density at radius 2 is 1.62 bits per heavy atom. The molecule has 196 valence electrons. The summed E-state index contributed by atoms with van der Waals surface area (Å²) < 4.78 is 59.3. The lowest BCUT2D eigenvalue weighted by Crippen LogP contribution is -2.46. The van der Waals surface area contributed by atoms with Gasteiger partial charge in [0.05, 0.1) is 17.6 Å². The molecule has 2 aliphatic rings. The third-order valence-electron chi connectivity index (χ3n) is 6.97. The Labute approximate surface area is 208 Å². The number of nitrogens with zero attached hydrogens (tertiary/aromatic N) is 3. The summed E-state index contributed by atoms with van der Waals surface area (Å²) in [5, 5.41) is 22.0. The molecule has 3 N–H and O–H groups in total. The highest BCUT2D eigenvalue weighted by atomic mass is 19.1. The Kier molecular flexibility index (Phi) is 5.99. The van der Waals surface area contributed by atoms with Gasteiger partial charge in [0, 0.05) is 37.0 Å². The lowest BCUT2D eigenvalue weighted by atomic mass is 9.98. The number of pyridine rings is 2. The maximum absolute atomic E-state index is 15.2. The van der Waals surface area contributed by atoms with E-state index in [4.69, 9.17) is 0 Å². The van der Waals surface area contributed by atoms with E-state index in [1.165, 1.54) is 4.90 Å². The number of benzene rings is 1. The average Bonchev–Trinajstić information content (AvgIpc) is 3.60. The fourth-order valence-electron chi connectivity index (χ4n) is 4.74. The number of anilines is 1. The molecule has 3 aromatic rings. The molecule has 5 rings (SSSR count). The molecule has 2 fully saturated rings. The quantitative estimate of drug-likeness (QED) is 0.446. The summed E-state index contributed by atoms with van der Waals surface area (Å²) in [5.74, 6) is -5.89. The minimum atomic E-state index is -1.34. The zero-order valence-corrected chi connectivity index (χ0v) is 19.9. The van der Waals surface area contributed by atoms with Crippen LogP contribution in [0.1, 0.15) is 37.0 Å². The van der Waals surface area contributed by atoms with Crippen LogP contribution in [0.2, 0.25) is 0 Å². The van der Waals surface area contributed by atoms with Crippen LogP contribution >= 0.6 is 0 Å². The lowest BCUT2D eigenvalue weighted by Gasteiger charge is -2.26. The van der Waals surface area contributed by atoms with Crippen molar-refractivity contribution in [3.63, 3.8) is 0 Å². The number of halogens is 4. The van der Waals surface area contributed by atoms with Crippen molar-refractivity contribution in [2.45, 2.75) is 44.4 Å². The first-order valence-corrected chi connectivity index (χ1v) is 11.7. The van der Waals surface area contributed by atoms with Crippen LogP contribution in [0.4, 0.5) is 23.4 Å². The third kappa shape index (κ3) is 4.44. The van der Waals surface area contributed by atoms with E-state index in [0.29, 0.717) is 12.1 Å². The molecular weight excluding hydrogens is 496 g/mol. The average molecular weight is 520 g/mol. The minimum Gasteiger partial charge on any atom is -0.389 e. The van der Waals surface area contributed by atoms with Crippen LogP contribution in [-0.2, 0) is 0 Å². The van der Waals surface area contributed by atoms with Crippen LogP contribution < -0.4 is 15.6 Å². The molecule has 2 aromatic heterocycles. The number of hydrogen-bond acceptors (Lipinski definition) is 6. The van der Waals surface area contributed by atoms with Gasteiger partial charge in [0.2, 0.25) is 5.43 Å². The fourth-order valence-corrected chi connectivity index (χ4v) is 4.74. The van der Waals surface area contributed by atoms with Crippen molar-refractivity contribution >= 4 is 22.8 Å². The SMILES string of the molecule is CC(C)(NC(=O)c1cn(-c2c(F)cc(F)cc2F)c2nc(N3C[C@@H](O)[C@H](O)C3)c(F)cc2c1=O)C1CC1. The van der Waals surface area contributed by atoms with Crippen LogP contribution in [0.3, 0.4) is 0 Å². The first-order valence-electron chi connectivity index (χ1n) is 11.7. The third-order valence-corrected chi connectivity index (χ3v) is 6.97. The Bertz CT molecular complexity index is 1450. The first-order chi connectivity index (χ1) is 17.4. The van der Waals surface area contributed by atoms with Gasteiger partial charge in [0.1, 0.15) is 17.1 Å². The molecule has 1 aliphatic heterocycles. The molecule has 0 unspecified atom stereocenters. The van der Waals surface area contributed by atoms with Crippen LogP contribution in [0, 0.1) is 29.2 Å². The van der Waals surface area contributed by atoms with Gasteiger partial charge in [0.25, 0.3) is 5.91 Å². The van der Waals surface area contributed by atoms with Gasteiger partial charge in [-0.05, 0) is 38.7 Å². The molecule has 1 aromatic carbocycles. The molecule has 1 aliphatic carbocycles. The van der Waals surface area contributed by atoms with E-state index in [1.807, 2.05) is 0 Å². The van der Waals surface area contributed by atoms with E-state index >= 15 is 4.39 Å². The molecule has 12 heteroatoms. The second-order valence-electron chi connectivity index (χ2n) is 10.1. The summed E-state index contributed by atoms with van der Waals surface area (Å²) in [6.45, 7) is 3.20. The van der Waals surface area contributed by atoms with E-state index in [9.17, 15) is 33.0 Å².